The van der Waals surface area contributed by atoms with Gasteiger partial charge in [0.25, 0.3) is 5.56 Å². The summed E-state index contributed by atoms with van der Waals surface area (Å²) in [7, 11) is 0. The van der Waals surface area contributed by atoms with Gasteiger partial charge in [0.2, 0.25) is 5.88 Å². The fourth-order valence-electron chi connectivity index (χ4n) is 3.87. The molecule has 1 aromatic carbocycles. The Balaban J connectivity index is 1.54. The number of aromatic nitrogens is 5. The van der Waals surface area contributed by atoms with E-state index in [0.29, 0.717) is 27.9 Å². The fourth-order valence-corrected chi connectivity index (χ4v) is 4.04. The lowest BCUT2D eigenvalue weighted by molar-refractivity contribution is 0.290. The van der Waals surface area contributed by atoms with Gasteiger partial charge in [0.05, 0.1) is 17.1 Å². The number of hydrogen-bond acceptors (Lipinski definition) is 5. The Morgan fingerprint density at radius 2 is 1.88 bits per heavy atom. The van der Waals surface area contributed by atoms with E-state index in [4.69, 9.17) is 26.4 Å². The molecule has 0 saturated heterocycles. The molecule has 4 aromatic heterocycles. The first kappa shape index (κ1) is 20.2. The Bertz CT molecular complexity index is 1550. The molecule has 0 N–H and O–H groups in total. The number of fused-ring (bicyclic) bond motifs is 2. The summed E-state index contributed by atoms with van der Waals surface area (Å²) in [5.41, 5.74) is 5.31. The molecule has 0 unspecified atom stereocenters. The van der Waals surface area contributed by atoms with E-state index in [1.54, 1.807) is 23.0 Å². The van der Waals surface area contributed by atoms with Gasteiger partial charge in [-0.15, -0.1) is 0 Å². The fraction of sp³-hybridized carbons (Fsp3) is 0.167. The minimum atomic E-state index is -0.154. The zero-order valence-corrected chi connectivity index (χ0v) is 18.6. The molecule has 0 fully saturated rings. The van der Waals surface area contributed by atoms with Gasteiger partial charge in [-0.3, -0.25) is 9.20 Å². The molecule has 8 heteroatoms. The molecule has 160 valence electrons. The number of rotatable bonds is 4. The number of aryl methyl sites for hydroxylation is 2. The van der Waals surface area contributed by atoms with Crippen molar-refractivity contribution in [2.75, 3.05) is 0 Å². The lowest BCUT2D eigenvalue weighted by atomic mass is 10.1. The number of benzene rings is 1. The lowest BCUT2D eigenvalue weighted by Crippen LogP contribution is -2.16. The average molecular weight is 446 g/mol. The lowest BCUT2D eigenvalue weighted by Gasteiger charge is -2.10. The first-order valence-corrected chi connectivity index (χ1v) is 10.5. The van der Waals surface area contributed by atoms with E-state index in [1.807, 2.05) is 51.1 Å². The first-order valence-electron chi connectivity index (χ1n) is 10.1. The molecule has 5 aromatic rings. The van der Waals surface area contributed by atoms with Crippen LogP contribution in [0.2, 0.25) is 5.02 Å². The predicted molar refractivity (Wildman–Crippen MR) is 124 cm³/mol. The van der Waals surface area contributed by atoms with Crippen LogP contribution in [0.5, 0.6) is 5.88 Å². The Kier molecular flexibility index (Phi) is 4.90. The number of ether oxygens (including phenoxy) is 1. The number of hydrogen-bond donors (Lipinski definition) is 0. The maximum Gasteiger partial charge on any atom is 0.258 e. The molecule has 0 bridgehead atoms. The number of pyridine rings is 2. The van der Waals surface area contributed by atoms with Gasteiger partial charge in [-0.1, -0.05) is 23.7 Å². The van der Waals surface area contributed by atoms with Crippen molar-refractivity contribution in [3.8, 4) is 11.6 Å². The third kappa shape index (κ3) is 3.40. The minimum absolute atomic E-state index is 0.127. The van der Waals surface area contributed by atoms with Crippen molar-refractivity contribution in [1.82, 2.24) is 24.1 Å². The van der Waals surface area contributed by atoms with Crippen LogP contribution in [0.3, 0.4) is 0 Å². The Hall–Kier alpha value is -3.71. The second-order valence-electron chi connectivity index (χ2n) is 7.66. The van der Waals surface area contributed by atoms with Gasteiger partial charge in [0.15, 0.2) is 5.65 Å². The summed E-state index contributed by atoms with van der Waals surface area (Å²) in [6, 6.07) is 14.5. The highest BCUT2D eigenvalue weighted by Gasteiger charge is 2.17. The summed E-state index contributed by atoms with van der Waals surface area (Å²) in [4.78, 5) is 21.6. The topological polar surface area (TPSA) is 74.3 Å². The third-order valence-corrected chi connectivity index (χ3v) is 5.86. The molecular formula is C24H20ClN5O2. The van der Waals surface area contributed by atoms with Crippen molar-refractivity contribution >= 4 is 28.3 Å². The van der Waals surface area contributed by atoms with Crippen LogP contribution in [-0.2, 0) is 6.61 Å². The van der Waals surface area contributed by atoms with Gasteiger partial charge in [0.1, 0.15) is 12.3 Å². The molecule has 32 heavy (non-hydrogen) atoms. The molecule has 0 aliphatic carbocycles. The van der Waals surface area contributed by atoms with Crippen LogP contribution >= 0.6 is 11.6 Å². The SMILES string of the molecule is Cc1c(Cl)cccc1-n1nc(C)c2c(C)cc(OCc3cc(=O)n4ccccc4n3)nc21. The molecule has 7 nitrogen and oxygen atoms in total. The highest BCUT2D eigenvalue weighted by Crippen LogP contribution is 2.29. The van der Waals surface area contributed by atoms with Crippen LogP contribution in [0.15, 0.2) is 59.5 Å². The van der Waals surface area contributed by atoms with Crippen LogP contribution < -0.4 is 10.3 Å². The summed E-state index contributed by atoms with van der Waals surface area (Å²) >= 11 is 6.34. The second-order valence-corrected chi connectivity index (χ2v) is 8.07. The quantitative estimate of drug-likeness (QED) is 0.404. The van der Waals surface area contributed by atoms with Gasteiger partial charge in [-0.25, -0.2) is 9.67 Å². The van der Waals surface area contributed by atoms with E-state index in [2.05, 4.69) is 4.98 Å². The molecular weight excluding hydrogens is 426 g/mol. The van der Waals surface area contributed by atoms with Crippen molar-refractivity contribution in [2.45, 2.75) is 27.4 Å². The zero-order chi connectivity index (χ0) is 22.4. The zero-order valence-electron chi connectivity index (χ0n) is 17.8. The minimum Gasteiger partial charge on any atom is -0.471 e. The highest BCUT2D eigenvalue weighted by molar-refractivity contribution is 6.31. The molecule has 0 spiro atoms. The largest absolute Gasteiger partial charge is 0.471 e. The Morgan fingerprint density at radius 3 is 2.72 bits per heavy atom. The van der Waals surface area contributed by atoms with Crippen molar-refractivity contribution < 1.29 is 4.74 Å². The molecule has 0 atom stereocenters. The van der Waals surface area contributed by atoms with Crippen LogP contribution in [0.1, 0.15) is 22.5 Å². The van der Waals surface area contributed by atoms with Gasteiger partial charge in [-0.2, -0.15) is 10.1 Å². The van der Waals surface area contributed by atoms with E-state index in [1.165, 1.54) is 10.5 Å². The summed E-state index contributed by atoms with van der Waals surface area (Å²) in [6.45, 7) is 6.04. The standard InChI is InChI=1S/C24H20ClN5O2/c1-14-11-21(32-13-17-12-22(31)29-10-5-4-9-20(29)26-17)27-24-23(14)16(3)28-30(24)19-8-6-7-18(25)15(19)2/h4-12H,13H2,1-3H3. The van der Waals surface area contributed by atoms with E-state index < -0.39 is 0 Å². The molecule has 0 aliphatic heterocycles. The van der Waals surface area contributed by atoms with Crippen molar-refractivity contribution in [2.24, 2.45) is 0 Å². The van der Waals surface area contributed by atoms with Crippen molar-refractivity contribution in [1.29, 1.82) is 0 Å². The molecule has 5 rings (SSSR count). The Morgan fingerprint density at radius 1 is 1.03 bits per heavy atom. The third-order valence-electron chi connectivity index (χ3n) is 5.45. The van der Waals surface area contributed by atoms with E-state index >= 15 is 0 Å². The van der Waals surface area contributed by atoms with Gasteiger partial charge >= 0.3 is 0 Å². The molecule has 0 radical (unpaired) electrons. The van der Waals surface area contributed by atoms with Crippen LogP contribution in [0, 0.1) is 20.8 Å². The van der Waals surface area contributed by atoms with Crippen molar-refractivity contribution in [3.05, 3.63) is 92.6 Å². The van der Waals surface area contributed by atoms with Crippen LogP contribution in [0.25, 0.3) is 22.4 Å². The van der Waals surface area contributed by atoms with Gasteiger partial charge in [-0.05, 0) is 56.2 Å². The average Bonchev–Trinajstić information content (AvgIpc) is 3.11. The van der Waals surface area contributed by atoms with E-state index in [9.17, 15) is 4.79 Å². The number of halogens is 1. The van der Waals surface area contributed by atoms with Gasteiger partial charge in [0, 0.05) is 28.7 Å². The molecule has 0 aliphatic rings. The Labute approximate surface area is 188 Å². The number of nitrogens with zero attached hydrogens (tertiary/aromatic N) is 5. The molecule has 0 amide bonds. The summed E-state index contributed by atoms with van der Waals surface area (Å²) < 4.78 is 9.24. The maximum absolute atomic E-state index is 12.3. The second kappa shape index (κ2) is 7.76. The monoisotopic (exact) mass is 445 g/mol. The smallest absolute Gasteiger partial charge is 0.258 e. The summed E-state index contributed by atoms with van der Waals surface area (Å²) in [5.74, 6) is 0.436. The summed E-state index contributed by atoms with van der Waals surface area (Å²) in [6.07, 6.45) is 1.69. The van der Waals surface area contributed by atoms with Crippen LogP contribution in [0.4, 0.5) is 0 Å². The predicted octanol–water partition coefficient (Wildman–Crippen LogP) is 4.59. The highest BCUT2D eigenvalue weighted by atomic mass is 35.5. The molecule has 0 saturated carbocycles. The van der Waals surface area contributed by atoms with Crippen LogP contribution in [-0.4, -0.2) is 24.1 Å². The summed E-state index contributed by atoms with van der Waals surface area (Å²) in [5, 5.41) is 6.35. The first-order chi connectivity index (χ1) is 15.4. The van der Waals surface area contributed by atoms with E-state index in [0.717, 1.165) is 27.9 Å². The maximum atomic E-state index is 12.3. The van der Waals surface area contributed by atoms with E-state index in [-0.39, 0.29) is 12.2 Å². The van der Waals surface area contributed by atoms with Gasteiger partial charge < -0.3 is 4.74 Å². The normalized spacial score (nSPS) is 11.4. The van der Waals surface area contributed by atoms with Crippen molar-refractivity contribution in [3.63, 3.8) is 0 Å². The molecule has 4 heterocycles.